The number of benzene rings is 1. The molecule has 1 aromatic carbocycles. The summed E-state index contributed by atoms with van der Waals surface area (Å²) < 4.78 is 5.52. The maximum atomic E-state index is 10.6. The van der Waals surface area contributed by atoms with Gasteiger partial charge in [0, 0.05) is 0 Å². The second-order valence-electron chi connectivity index (χ2n) is 3.14. The molecule has 3 nitrogen and oxygen atoms in total. The van der Waals surface area contributed by atoms with E-state index < -0.39 is 0 Å². The van der Waals surface area contributed by atoms with Crippen molar-refractivity contribution in [3.63, 3.8) is 0 Å². The maximum absolute atomic E-state index is 10.6. The van der Waals surface area contributed by atoms with Crippen molar-refractivity contribution in [1.82, 2.24) is 5.32 Å². The molecule has 0 unspecified atom stereocenters. The molecule has 1 N–H and O–H groups in total. The van der Waals surface area contributed by atoms with E-state index in [2.05, 4.69) is 5.32 Å². The molecule has 68 valence electrons. The highest BCUT2D eigenvalue weighted by molar-refractivity contribution is 5.82. The third-order valence-corrected chi connectivity index (χ3v) is 2.06. The van der Waals surface area contributed by atoms with E-state index in [9.17, 15) is 4.79 Å². The minimum Gasteiger partial charge on any atom is -0.470 e. The van der Waals surface area contributed by atoms with Crippen molar-refractivity contribution < 1.29 is 9.53 Å². The smallest absolute Gasteiger partial charge is 0.228 e. The van der Waals surface area contributed by atoms with E-state index in [1.165, 1.54) is 0 Å². The van der Waals surface area contributed by atoms with Crippen molar-refractivity contribution in [2.24, 2.45) is 0 Å². The second kappa shape index (κ2) is 3.09. The SMILES string of the molecule is Cc1ccccc1O[C@@H]1CC(=O)N1. The number of ether oxygens (including phenoxy) is 1. The summed E-state index contributed by atoms with van der Waals surface area (Å²) >= 11 is 0. The van der Waals surface area contributed by atoms with Gasteiger partial charge in [0.2, 0.25) is 5.91 Å². The minimum absolute atomic E-state index is 0.0542. The molecule has 1 amide bonds. The Kier molecular flexibility index (Phi) is 1.93. The summed E-state index contributed by atoms with van der Waals surface area (Å²) in [7, 11) is 0. The first-order valence-electron chi connectivity index (χ1n) is 4.27. The lowest BCUT2D eigenvalue weighted by atomic mass is 10.2. The van der Waals surface area contributed by atoms with Gasteiger partial charge < -0.3 is 10.1 Å². The molecule has 1 saturated heterocycles. The molecule has 1 aliphatic rings. The van der Waals surface area contributed by atoms with E-state index >= 15 is 0 Å². The van der Waals surface area contributed by atoms with E-state index in [0.717, 1.165) is 11.3 Å². The van der Waals surface area contributed by atoms with E-state index in [1.807, 2.05) is 31.2 Å². The van der Waals surface area contributed by atoms with Gasteiger partial charge in [0.1, 0.15) is 5.75 Å². The number of carbonyl (C=O) groups is 1. The van der Waals surface area contributed by atoms with Crippen LogP contribution in [0.25, 0.3) is 0 Å². The van der Waals surface area contributed by atoms with Crippen LogP contribution in [0, 0.1) is 6.92 Å². The van der Waals surface area contributed by atoms with Crippen molar-refractivity contribution in [3.05, 3.63) is 29.8 Å². The van der Waals surface area contributed by atoms with Crippen molar-refractivity contribution in [1.29, 1.82) is 0 Å². The molecule has 0 aromatic heterocycles. The second-order valence-corrected chi connectivity index (χ2v) is 3.14. The third-order valence-electron chi connectivity index (χ3n) is 2.06. The zero-order valence-corrected chi connectivity index (χ0v) is 7.41. The molecule has 0 aliphatic carbocycles. The molecular formula is C10H11NO2. The van der Waals surface area contributed by atoms with Gasteiger partial charge in [0.25, 0.3) is 0 Å². The number of para-hydroxylation sites is 1. The van der Waals surface area contributed by atoms with Crippen LogP contribution in [0.2, 0.25) is 0 Å². The molecule has 0 bridgehead atoms. The fourth-order valence-electron chi connectivity index (χ4n) is 1.24. The number of nitrogens with one attached hydrogen (secondary N) is 1. The van der Waals surface area contributed by atoms with Gasteiger partial charge in [-0.2, -0.15) is 0 Å². The number of rotatable bonds is 2. The first-order valence-corrected chi connectivity index (χ1v) is 4.27. The topological polar surface area (TPSA) is 38.3 Å². The standard InChI is InChI=1S/C10H11NO2/c1-7-4-2-3-5-8(7)13-10-6-9(12)11-10/h2-5,10H,6H2,1H3,(H,11,12)/t10-/m1/s1. The Labute approximate surface area is 76.7 Å². The van der Waals surface area contributed by atoms with Crippen LogP contribution in [0.5, 0.6) is 5.75 Å². The van der Waals surface area contributed by atoms with Crippen LogP contribution in [0.4, 0.5) is 0 Å². The predicted octanol–water partition coefficient (Wildman–Crippen LogP) is 1.22. The minimum atomic E-state index is -0.131. The quantitative estimate of drug-likeness (QED) is 0.690. The van der Waals surface area contributed by atoms with Crippen molar-refractivity contribution >= 4 is 5.91 Å². The molecular weight excluding hydrogens is 166 g/mol. The largest absolute Gasteiger partial charge is 0.470 e. The monoisotopic (exact) mass is 177 g/mol. The van der Waals surface area contributed by atoms with Crippen LogP contribution < -0.4 is 10.1 Å². The Bertz CT molecular complexity index is 327. The van der Waals surface area contributed by atoms with Gasteiger partial charge in [-0.25, -0.2) is 0 Å². The van der Waals surface area contributed by atoms with Gasteiger partial charge in [-0.1, -0.05) is 18.2 Å². The zero-order chi connectivity index (χ0) is 9.26. The number of hydrogen-bond donors (Lipinski definition) is 1. The highest BCUT2D eigenvalue weighted by Gasteiger charge is 2.26. The van der Waals surface area contributed by atoms with Crippen molar-refractivity contribution in [3.8, 4) is 5.75 Å². The lowest BCUT2D eigenvalue weighted by Gasteiger charge is -2.27. The molecule has 1 heterocycles. The molecule has 1 aromatic rings. The number of β-lactam (4-membered cyclic amide) rings is 1. The summed E-state index contributed by atoms with van der Waals surface area (Å²) in [6, 6.07) is 7.76. The highest BCUT2D eigenvalue weighted by atomic mass is 16.5. The molecule has 2 rings (SSSR count). The van der Waals surface area contributed by atoms with E-state index in [1.54, 1.807) is 0 Å². The van der Waals surface area contributed by atoms with Gasteiger partial charge in [0.05, 0.1) is 6.42 Å². The van der Waals surface area contributed by atoms with Crippen LogP contribution in [-0.4, -0.2) is 12.1 Å². The third kappa shape index (κ3) is 1.64. The molecule has 0 radical (unpaired) electrons. The average Bonchev–Trinajstić information content (AvgIpc) is 2.06. The number of carbonyl (C=O) groups excluding carboxylic acids is 1. The molecule has 0 saturated carbocycles. The number of amides is 1. The van der Waals surface area contributed by atoms with Gasteiger partial charge in [0.15, 0.2) is 6.23 Å². The van der Waals surface area contributed by atoms with E-state index in [4.69, 9.17) is 4.74 Å². The first kappa shape index (κ1) is 8.10. The molecule has 13 heavy (non-hydrogen) atoms. The van der Waals surface area contributed by atoms with Gasteiger partial charge in [-0.15, -0.1) is 0 Å². The highest BCUT2D eigenvalue weighted by Crippen LogP contribution is 2.19. The number of aryl methyl sites for hydroxylation is 1. The zero-order valence-electron chi connectivity index (χ0n) is 7.41. The van der Waals surface area contributed by atoms with Crippen LogP contribution in [0.15, 0.2) is 24.3 Å². The normalized spacial score (nSPS) is 20.4. The summed E-state index contributed by atoms with van der Waals surface area (Å²) in [4.78, 5) is 10.6. The van der Waals surface area contributed by atoms with E-state index in [-0.39, 0.29) is 12.1 Å². The number of hydrogen-bond acceptors (Lipinski definition) is 2. The summed E-state index contributed by atoms with van der Waals surface area (Å²) in [5, 5.41) is 2.66. The Balaban J connectivity index is 2.02. The van der Waals surface area contributed by atoms with Crippen LogP contribution in [-0.2, 0) is 4.79 Å². The average molecular weight is 177 g/mol. The molecule has 3 heteroatoms. The van der Waals surface area contributed by atoms with Gasteiger partial charge >= 0.3 is 0 Å². The van der Waals surface area contributed by atoms with Gasteiger partial charge in [-0.3, -0.25) is 4.79 Å². The van der Waals surface area contributed by atoms with Crippen LogP contribution in [0.1, 0.15) is 12.0 Å². The van der Waals surface area contributed by atoms with Crippen molar-refractivity contribution in [2.45, 2.75) is 19.6 Å². The van der Waals surface area contributed by atoms with Crippen molar-refractivity contribution in [2.75, 3.05) is 0 Å². The summed E-state index contributed by atoms with van der Waals surface area (Å²) in [5.74, 6) is 0.895. The molecule has 1 fully saturated rings. The Morgan fingerprint density at radius 2 is 2.15 bits per heavy atom. The summed E-state index contributed by atoms with van der Waals surface area (Å²) in [6.45, 7) is 1.98. The predicted molar refractivity (Wildman–Crippen MR) is 48.4 cm³/mol. The Hall–Kier alpha value is -1.51. The molecule has 0 spiro atoms. The molecule has 1 aliphatic heterocycles. The Morgan fingerprint density at radius 3 is 2.77 bits per heavy atom. The maximum Gasteiger partial charge on any atom is 0.228 e. The molecule has 1 atom stereocenters. The lowest BCUT2D eigenvalue weighted by molar-refractivity contribution is -0.134. The fourth-order valence-corrected chi connectivity index (χ4v) is 1.24. The van der Waals surface area contributed by atoms with Crippen LogP contribution >= 0.6 is 0 Å². The van der Waals surface area contributed by atoms with Crippen LogP contribution in [0.3, 0.4) is 0 Å². The lowest BCUT2D eigenvalue weighted by Crippen LogP contribution is -2.51. The summed E-state index contributed by atoms with van der Waals surface area (Å²) in [5.41, 5.74) is 1.09. The van der Waals surface area contributed by atoms with E-state index in [0.29, 0.717) is 6.42 Å². The first-order chi connectivity index (χ1) is 6.25. The Morgan fingerprint density at radius 1 is 1.46 bits per heavy atom. The fraction of sp³-hybridized carbons (Fsp3) is 0.300. The van der Waals surface area contributed by atoms with Gasteiger partial charge in [-0.05, 0) is 18.6 Å². The summed E-state index contributed by atoms with van der Waals surface area (Å²) in [6.07, 6.45) is 0.336.